The van der Waals surface area contributed by atoms with E-state index in [1.54, 1.807) is 42.5 Å². The molecule has 2 aromatic carbocycles. The lowest BCUT2D eigenvalue weighted by atomic mass is 10.1. The van der Waals surface area contributed by atoms with Crippen LogP contribution in [0.25, 0.3) is 0 Å². The molecule has 0 aliphatic heterocycles. The van der Waals surface area contributed by atoms with Gasteiger partial charge in [0.05, 0.1) is 12.1 Å². The lowest BCUT2D eigenvalue weighted by molar-refractivity contribution is 0.0734. The molecule has 0 unspecified atom stereocenters. The summed E-state index contributed by atoms with van der Waals surface area (Å²) in [5.74, 6) is -0.234. The maximum absolute atomic E-state index is 11.9. The number of rotatable bonds is 4. The van der Waals surface area contributed by atoms with Crippen LogP contribution in [0.4, 0.5) is 0 Å². The summed E-state index contributed by atoms with van der Waals surface area (Å²) in [6, 6.07) is 13.2. The second-order valence-electron chi connectivity index (χ2n) is 4.05. The van der Waals surface area contributed by atoms with Crippen LogP contribution in [0, 0.1) is 0 Å². The van der Waals surface area contributed by atoms with Crippen molar-refractivity contribution in [3.8, 4) is 5.75 Å². The molecule has 0 amide bonds. The van der Waals surface area contributed by atoms with Crippen molar-refractivity contribution >= 4 is 27.7 Å². The number of carbonyl (C=O) groups is 2. The molecule has 0 bridgehead atoms. The standard InChI is InChI=1S/C15H12BrNO3/c16-12-3-1-2-11(8-12)15(19)20-13-6-4-10(5-7-13)14(18)9-17/h1-8H,9,17H2. The van der Waals surface area contributed by atoms with Crippen LogP contribution in [0.5, 0.6) is 5.75 Å². The smallest absolute Gasteiger partial charge is 0.343 e. The Morgan fingerprint density at radius 2 is 1.75 bits per heavy atom. The normalized spacial score (nSPS) is 10.1. The Bertz CT molecular complexity index is 638. The molecule has 0 saturated carbocycles. The highest BCUT2D eigenvalue weighted by Crippen LogP contribution is 2.16. The van der Waals surface area contributed by atoms with Crippen molar-refractivity contribution in [2.45, 2.75) is 0 Å². The van der Waals surface area contributed by atoms with Crippen LogP contribution in [-0.2, 0) is 0 Å². The molecule has 0 aliphatic rings. The Balaban J connectivity index is 2.10. The Morgan fingerprint density at radius 3 is 2.35 bits per heavy atom. The quantitative estimate of drug-likeness (QED) is 0.530. The lowest BCUT2D eigenvalue weighted by Gasteiger charge is -2.05. The van der Waals surface area contributed by atoms with Crippen molar-refractivity contribution in [3.63, 3.8) is 0 Å². The van der Waals surface area contributed by atoms with Crippen LogP contribution in [0.2, 0.25) is 0 Å². The third-order valence-corrected chi connectivity index (χ3v) is 3.13. The molecule has 4 nitrogen and oxygen atoms in total. The van der Waals surface area contributed by atoms with Gasteiger partial charge in [-0.3, -0.25) is 4.79 Å². The number of carbonyl (C=O) groups excluding carboxylic acids is 2. The predicted molar refractivity (Wildman–Crippen MR) is 78.9 cm³/mol. The summed E-state index contributed by atoms with van der Waals surface area (Å²) in [4.78, 5) is 23.3. The molecule has 20 heavy (non-hydrogen) atoms. The zero-order valence-corrected chi connectivity index (χ0v) is 12.1. The average molecular weight is 334 g/mol. The Kier molecular flexibility index (Phi) is 4.65. The van der Waals surface area contributed by atoms with Gasteiger partial charge in [-0.25, -0.2) is 4.79 Å². The summed E-state index contributed by atoms with van der Waals surface area (Å²) < 4.78 is 6.02. The number of nitrogens with two attached hydrogens (primary N) is 1. The average Bonchev–Trinajstić information content (AvgIpc) is 2.47. The third-order valence-electron chi connectivity index (χ3n) is 2.63. The van der Waals surface area contributed by atoms with Crippen molar-refractivity contribution in [1.29, 1.82) is 0 Å². The molecule has 102 valence electrons. The van der Waals surface area contributed by atoms with Crippen LogP contribution < -0.4 is 10.5 Å². The first kappa shape index (κ1) is 14.4. The van der Waals surface area contributed by atoms with E-state index in [0.29, 0.717) is 16.9 Å². The second kappa shape index (κ2) is 6.45. The van der Waals surface area contributed by atoms with E-state index in [9.17, 15) is 9.59 Å². The van der Waals surface area contributed by atoms with E-state index in [1.165, 1.54) is 0 Å². The molecule has 5 heteroatoms. The molecule has 0 radical (unpaired) electrons. The Labute approximate surface area is 124 Å². The number of benzene rings is 2. The summed E-state index contributed by atoms with van der Waals surface area (Å²) in [5, 5.41) is 0. The van der Waals surface area contributed by atoms with Crippen molar-refractivity contribution in [2.75, 3.05) is 6.54 Å². The first-order valence-electron chi connectivity index (χ1n) is 5.91. The lowest BCUT2D eigenvalue weighted by Crippen LogP contribution is -2.13. The summed E-state index contributed by atoms with van der Waals surface area (Å²) in [6.07, 6.45) is 0. The number of hydrogen-bond donors (Lipinski definition) is 1. The third kappa shape index (κ3) is 3.53. The molecule has 2 N–H and O–H groups in total. The van der Waals surface area contributed by atoms with E-state index in [0.717, 1.165) is 4.47 Å². The molecule has 0 aliphatic carbocycles. The van der Waals surface area contributed by atoms with Crippen LogP contribution in [0.15, 0.2) is 53.0 Å². The molecule has 0 heterocycles. The summed E-state index contributed by atoms with van der Waals surface area (Å²) >= 11 is 3.29. The van der Waals surface area contributed by atoms with E-state index in [4.69, 9.17) is 10.5 Å². The molecular weight excluding hydrogens is 322 g/mol. The van der Waals surface area contributed by atoms with Crippen LogP contribution >= 0.6 is 15.9 Å². The van der Waals surface area contributed by atoms with E-state index in [-0.39, 0.29) is 12.3 Å². The van der Waals surface area contributed by atoms with Crippen molar-refractivity contribution in [3.05, 3.63) is 64.1 Å². The van der Waals surface area contributed by atoms with E-state index in [2.05, 4.69) is 15.9 Å². The number of ether oxygens (including phenoxy) is 1. The Morgan fingerprint density at radius 1 is 1.05 bits per heavy atom. The summed E-state index contributed by atoms with van der Waals surface area (Å²) in [6.45, 7) is -0.0445. The largest absolute Gasteiger partial charge is 0.423 e. The Hall–Kier alpha value is -1.98. The fourth-order valence-electron chi connectivity index (χ4n) is 1.61. The van der Waals surface area contributed by atoms with E-state index < -0.39 is 5.97 Å². The topological polar surface area (TPSA) is 69.4 Å². The second-order valence-corrected chi connectivity index (χ2v) is 4.97. The van der Waals surface area contributed by atoms with Gasteiger partial charge in [0.15, 0.2) is 5.78 Å². The SMILES string of the molecule is NCC(=O)c1ccc(OC(=O)c2cccc(Br)c2)cc1. The molecule has 2 aromatic rings. The van der Waals surface area contributed by atoms with Gasteiger partial charge in [-0.15, -0.1) is 0 Å². The van der Waals surface area contributed by atoms with Gasteiger partial charge in [0.2, 0.25) is 0 Å². The molecule has 2 rings (SSSR count). The fourth-order valence-corrected chi connectivity index (χ4v) is 2.01. The van der Waals surface area contributed by atoms with Gasteiger partial charge in [-0.05, 0) is 42.5 Å². The molecule has 0 spiro atoms. The van der Waals surface area contributed by atoms with Gasteiger partial charge in [-0.1, -0.05) is 22.0 Å². The number of ketones is 1. The van der Waals surface area contributed by atoms with Crippen molar-refractivity contribution < 1.29 is 14.3 Å². The maximum Gasteiger partial charge on any atom is 0.343 e. The zero-order chi connectivity index (χ0) is 14.5. The monoisotopic (exact) mass is 333 g/mol. The van der Waals surface area contributed by atoms with Crippen molar-refractivity contribution in [2.24, 2.45) is 5.73 Å². The molecular formula is C15H12BrNO3. The number of hydrogen-bond acceptors (Lipinski definition) is 4. The van der Waals surface area contributed by atoms with Gasteiger partial charge in [0, 0.05) is 10.0 Å². The van der Waals surface area contributed by atoms with Crippen molar-refractivity contribution in [1.82, 2.24) is 0 Å². The highest BCUT2D eigenvalue weighted by molar-refractivity contribution is 9.10. The molecule has 0 atom stereocenters. The molecule has 0 saturated heterocycles. The van der Waals surface area contributed by atoms with Gasteiger partial charge >= 0.3 is 5.97 Å². The number of halogens is 1. The molecule has 0 aromatic heterocycles. The maximum atomic E-state index is 11.9. The highest BCUT2D eigenvalue weighted by atomic mass is 79.9. The van der Waals surface area contributed by atoms with Crippen LogP contribution in [0.1, 0.15) is 20.7 Å². The summed E-state index contributed by atoms with van der Waals surface area (Å²) in [7, 11) is 0. The highest BCUT2D eigenvalue weighted by Gasteiger charge is 2.09. The number of esters is 1. The van der Waals surface area contributed by atoms with Gasteiger partial charge in [0.25, 0.3) is 0 Å². The van der Waals surface area contributed by atoms with Gasteiger partial charge < -0.3 is 10.5 Å². The minimum absolute atomic E-state index is 0.0445. The first-order chi connectivity index (χ1) is 9.60. The zero-order valence-electron chi connectivity index (χ0n) is 10.5. The minimum Gasteiger partial charge on any atom is -0.423 e. The summed E-state index contributed by atoms with van der Waals surface area (Å²) in [5.41, 5.74) is 6.21. The fraction of sp³-hybridized carbons (Fsp3) is 0.0667. The van der Waals surface area contributed by atoms with Crippen LogP contribution in [-0.4, -0.2) is 18.3 Å². The first-order valence-corrected chi connectivity index (χ1v) is 6.70. The van der Waals surface area contributed by atoms with Crippen LogP contribution in [0.3, 0.4) is 0 Å². The van der Waals surface area contributed by atoms with Gasteiger partial charge in [0.1, 0.15) is 5.75 Å². The van der Waals surface area contributed by atoms with Gasteiger partial charge in [-0.2, -0.15) is 0 Å². The predicted octanol–water partition coefficient (Wildman–Crippen LogP) is 2.81. The number of Topliss-reactive ketones (excluding diaryl/α,β-unsaturated/α-hetero) is 1. The minimum atomic E-state index is -0.454. The van der Waals surface area contributed by atoms with E-state index in [1.807, 2.05) is 6.07 Å². The molecule has 0 fully saturated rings. The van der Waals surface area contributed by atoms with E-state index >= 15 is 0 Å².